The van der Waals surface area contributed by atoms with E-state index in [4.69, 9.17) is 10.3 Å². The fourth-order valence-electron chi connectivity index (χ4n) is 1.89. The summed E-state index contributed by atoms with van der Waals surface area (Å²) in [5.74, 6) is 0.604. The van der Waals surface area contributed by atoms with Crippen LogP contribution in [0.4, 0.5) is 0 Å². The fraction of sp³-hybridized carbons (Fsp3) is 0.333. The molecule has 23 heavy (non-hydrogen) atoms. The Morgan fingerprint density at radius 2 is 1.30 bits per heavy atom. The summed E-state index contributed by atoms with van der Waals surface area (Å²) in [7, 11) is -4.02. The van der Waals surface area contributed by atoms with Gasteiger partial charge in [-0.3, -0.25) is 4.55 Å². The van der Waals surface area contributed by atoms with E-state index < -0.39 is 10.1 Å². The van der Waals surface area contributed by atoms with Crippen molar-refractivity contribution < 1.29 is 13.0 Å². The van der Waals surface area contributed by atoms with Gasteiger partial charge >= 0.3 is 0 Å². The summed E-state index contributed by atoms with van der Waals surface area (Å²) in [6.45, 7) is 8.24. The number of hydrogen-bond donors (Lipinski definition) is 2. The normalized spacial score (nSPS) is 12.5. The average molecular weight is 335 g/mol. The lowest BCUT2D eigenvalue weighted by molar-refractivity contribution is 0.483. The lowest BCUT2D eigenvalue weighted by atomic mass is 10.00. The van der Waals surface area contributed by atoms with Crippen LogP contribution in [0.25, 0.3) is 0 Å². The molecule has 0 spiro atoms. The highest BCUT2D eigenvalue weighted by atomic mass is 32.2. The Morgan fingerprint density at radius 3 is 1.65 bits per heavy atom. The summed E-state index contributed by atoms with van der Waals surface area (Å²) in [4.78, 5) is -0.0666. The predicted octanol–water partition coefficient (Wildman–Crippen LogP) is 4.07. The summed E-state index contributed by atoms with van der Waals surface area (Å²) in [6.07, 6.45) is 0. The summed E-state index contributed by atoms with van der Waals surface area (Å²) in [5.41, 5.74) is 9.28. The second-order valence-electron chi connectivity index (χ2n) is 5.90. The van der Waals surface area contributed by atoms with E-state index >= 15 is 0 Å². The van der Waals surface area contributed by atoms with E-state index in [-0.39, 0.29) is 10.9 Å². The summed E-state index contributed by atoms with van der Waals surface area (Å²) in [6, 6.07) is 14.7. The molecule has 1 unspecified atom stereocenters. The van der Waals surface area contributed by atoms with Gasteiger partial charge in [0.25, 0.3) is 10.1 Å². The van der Waals surface area contributed by atoms with E-state index in [1.54, 1.807) is 12.1 Å². The molecule has 0 saturated carbocycles. The molecule has 126 valence electrons. The smallest absolute Gasteiger partial charge is 0.294 e. The van der Waals surface area contributed by atoms with Crippen molar-refractivity contribution in [2.24, 2.45) is 5.73 Å². The Balaban J connectivity index is 0.000000231. The molecule has 0 saturated heterocycles. The highest BCUT2D eigenvalue weighted by Crippen LogP contribution is 2.17. The standard InChI is InChI=1S/C11H17N.C7H8O3S/c1-8(2)10-4-6-11(7-5-10)9(3)12;1-6-2-4-7(5-3-6)11(8,9)10/h4-9H,12H2,1-3H3;2-5H,1H3,(H,8,9,10). The van der Waals surface area contributed by atoms with Crippen LogP contribution in [0.2, 0.25) is 0 Å². The van der Waals surface area contributed by atoms with Crippen LogP contribution in [0.1, 0.15) is 49.4 Å². The van der Waals surface area contributed by atoms with Crippen LogP contribution in [0, 0.1) is 6.92 Å². The van der Waals surface area contributed by atoms with Crippen LogP contribution in [0.3, 0.4) is 0 Å². The Morgan fingerprint density at radius 1 is 0.870 bits per heavy atom. The third-order valence-corrected chi connectivity index (χ3v) is 4.32. The van der Waals surface area contributed by atoms with Gasteiger partial charge in [0.05, 0.1) is 4.90 Å². The molecule has 2 aromatic rings. The first kappa shape index (κ1) is 19.4. The Bertz CT molecular complexity index is 676. The van der Waals surface area contributed by atoms with E-state index in [0.29, 0.717) is 5.92 Å². The number of benzene rings is 2. The quantitative estimate of drug-likeness (QED) is 0.829. The number of hydrogen-bond acceptors (Lipinski definition) is 3. The molecule has 2 aromatic carbocycles. The molecule has 0 aromatic heterocycles. The van der Waals surface area contributed by atoms with E-state index in [0.717, 1.165) is 5.56 Å². The van der Waals surface area contributed by atoms with Crippen molar-refractivity contribution in [3.8, 4) is 0 Å². The van der Waals surface area contributed by atoms with Crippen molar-refractivity contribution in [3.63, 3.8) is 0 Å². The van der Waals surface area contributed by atoms with Crippen molar-refractivity contribution >= 4 is 10.1 Å². The third-order valence-electron chi connectivity index (χ3n) is 3.45. The monoisotopic (exact) mass is 335 g/mol. The number of nitrogens with two attached hydrogens (primary N) is 1. The molecule has 1 atom stereocenters. The summed E-state index contributed by atoms with van der Waals surface area (Å²) < 4.78 is 29.6. The molecule has 3 N–H and O–H groups in total. The highest BCUT2D eigenvalue weighted by molar-refractivity contribution is 7.85. The first-order valence-electron chi connectivity index (χ1n) is 7.51. The van der Waals surface area contributed by atoms with Gasteiger partial charge in [0, 0.05) is 6.04 Å². The van der Waals surface area contributed by atoms with E-state index in [1.807, 2.05) is 13.8 Å². The van der Waals surface area contributed by atoms with Crippen LogP contribution in [0.5, 0.6) is 0 Å². The zero-order valence-corrected chi connectivity index (χ0v) is 14.8. The SMILES string of the molecule is CC(C)c1ccc(C(C)N)cc1.Cc1ccc(S(=O)(=O)O)cc1. The Kier molecular flexibility index (Phi) is 6.94. The molecular weight excluding hydrogens is 310 g/mol. The number of aryl methyl sites for hydroxylation is 1. The third kappa shape index (κ3) is 6.52. The average Bonchev–Trinajstić information content (AvgIpc) is 2.47. The minimum atomic E-state index is -4.02. The van der Waals surface area contributed by atoms with Gasteiger partial charge in [-0.2, -0.15) is 8.42 Å². The van der Waals surface area contributed by atoms with Crippen molar-refractivity contribution in [1.29, 1.82) is 0 Å². The van der Waals surface area contributed by atoms with Crippen LogP contribution < -0.4 is 5.73 Å². The second kappa shape index (κ2) is 8.24. The van der Waals surface area contributed by atoms with Gasteiger partial charge in [0.15, 0.2) is 0 Å². The molecule has 0 fully saturated rings. The molecular formula is C18H25NO3S. The van der Waals surface area contributed by atoms with Gasteiger partial charge in [-0.1, -0.05) is 55.8 Å². The molecule has 0 heterocycles. The first-order valence-corrected chi connectivity index (χ1v) is 8.95. The fourth-order valence-corrected chi connectivity index (χ4v) is 2.37. The van der Waals surface area contributed by atoms with E-state index in [2.05, 4.69) is 38.1 Å². The van der Waals surface area contributed by atoms with E-state index in [9.17, 15) is 8.42 Å². The minimum absolute atomic E-state index is 0.0666. The maximum atomic E-state index is 10.5. The van der Waals surface area contributed by atoms with Gasteiger partial charge < -0.3 is 5.73 Å². The molecule has 0 aliphatic heterocycles. The van der Waals surface area contributed by atoms with Crippen molar-refractivity contribution in [2.45, 2.75) is 44.6 Å². The topological polar surface area (TPSA) is 80.4 Å². The maximum Gasteiger partial charge on any atom is 0.294 e. The van der Waals surface area contributed by atoms with E-state index in [1.165, 1.54) is 23.3 Å². The number of rotatable bonds is 3. The molecule has 0 amide bonds. The largest absolute Gasteiger partial charge is 0.324 e. The molecule has 2 rings (SSSR count). The van der Waals surface area contributed by atoms with Crippen molar-refractivity contribution in [1.82, 2.24) is 0 Å². The maximum absolute atomic E-state index is 10.5. The first-order chi connectivity index (χ1) is 10.6. The van der Waals surface area contributed by atoms with Crippen LogP contribution in [-0.4, -0.2) is 13.0 Å². The van der Waals surface area contributed by atoms with Gasteiger partial charge in [-0.05, 0) is 43.0 Å². The predicted molar refractivity (Wildman–Crippen MR) is 94.1 cm³/mol. The van der Waals surface area contributed by atoms with Crippen LogP contribution in [0.15, 0.2) is 53.4 Å². The molecule has 0 aliphatic rings. The highest BCUT2D eigenvalue weighted by Gasteiger charge is 2.06. The van der Waals surface area contributed by atoms with Gasteiger partial charge in [-0.25, -0.2) is 0 Å². The van der Waals surface area contributed by atoms with Crippen LogP contribution >= 0.6 is 0 Å². The molecule has 0 radical (unpaired) electrons. The lowest BCUT2D eigenvalue weighted by Gasteiger charge is -2.08. The molecule has 4 nitrogen and oxygen atoms in total. The minimum Gasteiger partial charge on any atom is -0.324 e. The molecule has 0 bridgehead atoms. The Hall–Kier alpha value is -1.69. The van der Waals surface area contributed by atoms with Crippen molar-refractivity contribution in [3.05, 3.63) is 65.2 Å². The van der Waals surface area contributed by atoms with Crippen LogP contribution in [-0.2, 0) is 10.1 Å². The summed E-state index contributed by atoms with van der Waals surface area (Å²) >= 11 is 0. The zero-order chi connectivity index (χ0) is 17.6. The lowest BCUT2D eigenvalue weighted by Crippen LogP contribution is -2.04. The van der Waals surface area contributed by atoms with Gasteiger partial charge in [0.2, 0.25) is 0 Å². The zero-order valence-electron chi connectivity index (χ0n) is 14.0. The van der Waals surface area contributed by atoms with Crippen molar-refractivity contribution in [2.75, 3.05) is 0 Å². The molecule has 5 heteroatoms. The van der Waals surface area contributed by atoms with Gasteiger partial charge in [0.1, 0.15) is 0 Å². The van der Waals surface area contributed by atoms with Gasteiger partial charge in [-0.15, -0.1) is 0 Å². The Labute approximate surface area is 139 Å². The summed E-state index contributed by atoms with van der Waals surface area (Å²) in [5, 5.41) is 0. The molecule has 0 aliphatic carbocycles. The second-order valence-corrected chi connectivity index (χ2v) is 7.32.